The first kappa shape index (κ1) is 14.9. The molecular weight excluding hydrogens is 210 g/mol. The van der Waals surface area contributed by atoms with E-state index >= 15 is 0 Å². The lowest BCUT2D eigenvalue weighted by Gasteiger charge is -2.23. The SMILES string of the molecule is CCC(CC)NCCN1CC(C)C(N(C)C)C1. The molecule has 1 saturated heterocycles. The number of nitrogens with one attached hydrogen (secondary N) is 1. The molecule has 0 spiro atoms. The van der Waals surface area contributed by atoms with Crippen LogP contribution in [0.2, 0.25) is 0 Å². The first-order valence-corrected chi connectivity index (χ1v) is 7.20. The van der Waals surface area contributed by atoms with E-state index < -0.39 is 0 Å². The summed E-state index contributed by atoms with van der Waals surface area (Å²) >= 11 is 0. The summed E-state index contributed by atoms with van der Waals surface area (Å²) in [7, 11) is 4.40. The zero-order valence-electron chi connectivity index (χ0n) is 12.4. The molecule has 1 aliphatic rings. The Balaban J connectivity index is 2.21. The fourth-order valence-electron chi connectivity index (χ4n) is 2.91. The fourth-order valence-corrected chi connectivity index (χ4v) is 2.91. The Bertz CT molecular complexity index is 202. The second-order valence-electron chi connectivity index (χ2n) is 5.74. The van der Waals surface area contributed by atoms with Crippen LogP contribution >= 0.6 is 0 Å². The molecule has 0 aromatic rings. The molecule has 0 amide bonds. The molecule has 0 radical (unpaired) electrons. The number of rotatable bonds is 7. The van der Waals surface area contributed by atoms with E-state index in [0.29, 0.717) is 6.04 Å². The maximum absolute atomic E-state index is 3.65. The third-order valence-electron chi connectivity index (χ3n) is 4.16. The van der Waals surface area contributed by atoms with Crippen molar-refractivity contribution in [2.24, 2.45) is 5.92 Å². The Hall–Kier alpha value is -0.120. The summed E-state index contributed by atoms with van der Waals surface area (Å²) in [5, 5.41) is 3.65. The smallest absolute Gasteiger partial charge is 0.0254 e. The molecule has 2 atom stereocenters. The van der Waals surface area contributed by atoms with Gasteiger partial charge in [-0.15, -0.1) is 0 Å². The first-order chi connectivity index (χ1) is 8.08. The molecule has 0 aromatic heterocycles. The number of likely N-dealkylation sites (tertiary alicyclic amines) is 1. The molecule has 102 valence electrons. The van der Waals surface area contributed by atoms with Gasteiger partial charge in [-0.2, -0.15) is 0 Å². The van der Waals surface area contributed by atoms with Crippen molar-refractivity contribution in [2.45, 2.75) is 45.7 Å². The first-order valence-electron chi connectivity index (χ1n) is 7.20. The van der Waals surface area contributed by atoms with Crippen molar-refractivity contribution in [2.75, 3.05) is 40.3 Å². The molecule has 1 aliphatic heterocycles. The largest absolute Gasteiger partial charge is 0.313 e. The van der Waals surface area contributed by atoms with Gasteiger partial charge in [0.1, 0.15) is 0 Å². The van der Waals surface area contributed by atoms with Gasteiger partial charge in [0.2, 0.25) is 0 Å². The van der Waals surface area contributed by atoms with Crippen LogP contribution in [-0.4, -0.2) is 62.2 Å². The van der Waals surface area contributed by atoms with Crippen molar-refractivity contribution in [1.29, 1.82) is 0 Å². The molecule has 0 aromatic carbocycles. The maximum Gasteiger partial charge on any atom is 0.0254 e. The monoisotopic (exact) mass is 241 g/mol. The van der Waals surface area contributed by atoms with Crippen molar-refractivity contribution in [3.63, 3.8) is 0 Å². The highest BCUT2D eigenvalue weighted by atomic mass is 15.2. The normalized spacial score (nSPS) is 26.3. The van der Waals surface area contributed by atoms with Gasteiger partial charge in [0.05, 0.1) is 0 Å². The number of nitrogens with zero attached hydrogens (tertiary/aromatic N) is 2. The molecule has 0 bridgehead atoms. The van der Waals surface area contributed by atoms with Crippen molar-refractivity contribution in [3.05, 3.63) is 0 Å². The van der Waals surface area contributed by atoms with Crippen LogP contribution in [0.15, 0.2) is 0 Å². The predicted molar refractivity (Wildman–Crippen MR) is 75.5 cm³/mol. The van der Waals surface area contributed by atoms with Gasteiger partial charge < -0.3 is 15.1 Å². The molecule has 2 unspecified atom stereocenters. The minimum Gasteiger partial charge on any atom is -0.313 e. The van der Waals surface area contributed by atoms with E-state index in [9.17, 15) is 0 Å². The van der Waals surface area contributed by atoms with Crippen LogP contribution < -0.4 is 5.32 Å². The summed E-state index contributed by atoms with van der Waals surface area (Å²) in [6, 6.07) is 1.45. The summed E-state index contributed by atoms with van der Waals surface area (Å²) in [5.74, 6) is 0.804. The Kier molecular flexibility index (Phi) is 6.45. The minimum atomic E-state index is 0.708. The number of hydrogen-bond acceptors (Lipinski definition) is 3. The predicted octanol–water partition coefficient (Wildman–Crippen LogP) is 1.65. The average Bonchev–Trinajstić information content (AvgIpc) is 2.66. The van der Waals surface area contributed by atoms with Gasteiger partial charge in [0.15, 0.2) is 0 Å². The Morgan fingerprint density at radius 2 is 1.88 bits per heavy atom. The molecule has 1 heterocycles. The molecule has 1 N–H and O–H groups in total. The zero-order valence-corrected chi connectivity index (χ0v) is 12.4. The van der Waals surface area contributed by atoms with E-state index in [1.165, 1.54) is 32.5 Å². The lowest BCUT2D eigenvalue weighted by atomic mass is 10.1. The van der Waals surface area contributed by atoms with E-state index in [2.05, 4.69) is 50.0 Å². The molecule has 0 aliphatic carbocycles. The van der Waals surface area contributed by atoms with Crippen molar-refractivity contribution in [1.82, 2.24) is 15.1 Å². The van der Waals surface area contributed by atoms with E-state index in [-0.39, 0.29) is 0 Å². The van der Waals surface area contributed by atoms with E-state index in [1.54, 1.807) is 0 Å². The van der Waals surface area contributed by atoms with Crippen LogP contribution in [0, 0.1) is 5.92 Å². The van der Waals surface area contributed by atoms with E-state index in [4.69, 9.17) is 0 Å². The second-order valence-corrected chi connectivity index (χ2v) is 5.74. The molecule has 3 nitrogen and oxygen atoms in total. The summed E-state index contributed by atoms with van der Waals surface area (Å²) in [5.41, 5.74) is 0. The Morgan fingerprint density at radius 3 is 2.35 bits per heavy atom. The molecule has 0 saturated carbocycles. The van der Waals surface area contributed by atoms with Crippen LogP contribution in [0.5, 0.6) is 0 Å². The van der Waals surface area contributed by atoms with Gasteiger partial charge in [-0.1, -0.05) is 20.8 Å². The fraction of sp³-hybridized carbons (Fsp3) is 1.00. The van der Waals surface area contributed by atoms with Crippen LogP contribution in [0.1, 0.15) is 33.6 Å². The second kappa shape index (κ2) is 7.34. The van der Waals surface area contributed by atoms with Gasteiger partial charge in [0, 0.05) is 38.3 Å². The summed E-state index contributed by atoms with van der Waals surface area (Å²) in [6.45, 7) is 11.7. The summed E-state index contributed by atoms with van der Waals surface area (Å²) < 4.78 is 0. The molecule has 17 heavy (non-hydrogen) atoms. The van der Waals surface area contributed by atoms with Crippen LogP contribution in [0.4, 0.5) is 0 Å². The lowest BCUT2D eigenvalue weighted by molar-refractivity contribution is 0.251. The highest BCUT2D eigenvalue weighted by Gasteiger charge is 2.30. The third-order valence-corrected chi connectivity index (χ3v) is 4.16. The lowest BCUT2D eigenvalue weighted by Crippen LogP contribution is -2.37. The average molecular weight is 241 g/mol. The maximum atomic E-state index is 3.65. The molecule has 1 fully saturated rings. The Labute approximate surface area is 108 Å². The van der Waals surface area contributed by atoms with Gasteiger partial charge in [-0.05, 0) is 32.9 Å². The van der Waals surface area contributed by atoms with Crippen molar-refractivity contribution in [3.8, 4) is 0 Å². The van der Waals surface area contributed by atoms with Gasteiger partial charge >= 0.3 is 0 Å². The summed E-state index contributed by atoms with van der Waals surface area (Å²) in [4.78, 5) is 4.98. The zero-order chi connectivity index (χ0) is 12.8. The Morgan fingerprint density at radius 1 is 1.24 bits per heavy atom. The molecule has 1 rings (SSSR count). The molecular formula is C14H31N3. The van der Waals surface area contributed by atoms with Crippen LogP contribution in [0.25, 0.3) is 0 Å². The van der Waals surface area contributed by atoms with Crippen molar-refractivity contribution >= 4 is 0 Å². The van der Waals surface area contributed by atoms with E-state index in [1.807, 2.05) is 0 Å². The van der Waals surface area contributed by atoms with E-state index in [0.717, 1.165) is 18.5 Å². The van der Waals surface area contributed by atoms with Gasteiger partial charge in [-0.3, -0.25) is 0 Å². The highest BCUT2D eigenvalue weighted by Crippen LogP contribution is 2.19. The highest BCUT2D eigenvalue weighted by molar-refractivity contribution is 4.86. The molecule has 3 heteroatoms. The minimum absolute atomic E-state index is 0.708. The standard InChI is InChI=1S/C14H31N3/c1-6-13(7-2)15-8-9-17-10-12(3)14(11-17)16(4)5/h12-15H,6-11H2,1-5H3. The summed E-state index contributed by atoms with van der Waals surface area (Å²) in [6.07, 6.45) is 2.49. The van der Waals surface area contributed by atoms with Crippen molar-refractivity contribution < 1.29 is 0 Å². The third kappa shape index (κ3) is 4.57. The number of likely N-dealkylation sites (N-methyl/N-ethyl adjacent to an activating group) is 1. The van der Waals surface area contributed by atoms with Crippen LogP contribution in [-0.2, 0) is 0 Å². The van der Waals surface area contributed by atoms with Crippen LogP contribution in [0.3, 0.4) is 0 Å². The topological polar surface area (TPSA) is 18.5 Å². The quantitative estimate of drug-likeness (QED) is 0.731. The number of hydrogen-bond donors (Lipinski definition) is 1. The van der Waals surface area contributed by atoms with Gasteiger partial charge in [-0.25, -0.2) is 0 Å². The van der Waals surface area contributed by atoms with Gasteiger partial charge in [0.25, 0.3) is 0 Å².